The molecule has 0 spiro atoms. The number of carbonyl (C=O) groups is 2. The van der Waals surface area contributed by atoms with E-state index in [0.29, 0.717) is 27.3 Å². The molecule has 0 aliphatic carbocycles. The number of thioether (sulfide) groups is 1. The summed E-state index contributed by atoms with van der Waals surface area (Å²) in [6.45, 7) is 0. The molecule has 3 rings (SSSR count). The Morgan fingerprint density at radius 2 is 1.86 bits per heavy atom. The van der Waals surface area contributed by atoms with Gasteiger partial charge in [0.15, 0.2) is 10.9 Å². The minimum Gasteiger partial charge on any atom is -0.324 e. The van der Waals surface area contributed by atoms with E-state index in [-0.39, 0.29) is 23.9 Å². The summed E-state index contributed by atoms with van der Waals surface area (Å²) in [4.78, 5) is 24.5. The first-order valence-electron chi connectivity index (χ1n) is 8.28. The van der Waals surface area contributed by atoms with Crippen LogP contribution in [0.3, 0.4) is 0 Å². The zero-order valence-corrected chi connectivity index (χ0v) is 18.0. The third-order valence-corrected chi connectivity index (χ3v) is 5.77. The molecule has 2 aromatic carbocycles. The second kappa shape index (κ2) is 9.36. The number of hydrogen-bond donors (Lipinski definition) is 1. The van der Waals surface area contributed by atoms with Crippen LogP contribution in [0.1, 0.15) is 16.2 Å². The highest BCUT2D eigenvalue weighted by atomic mass is 79.9. The Kier molecular flexibility index (Phi) is 6.88. The van der Waals surface area contributed by atoms with Gasteiger partial charge in [0.1, 0.15) is 5.82 Å². The van der Waals surface area contributed by atoms with Crippen LogP contribution in [-0.2, 0) is 18.3 Å². The SMILES string of the molecule is Cn1c(CC(=O)Nc2ccccc2Cl)nnc1SCC(=O)c1ccc(Br)cc1. The molecular formula is C19H16BrClN4O2S. The van der Waals surface area contributed by atoms with Gasteiger partial charge in [0.2, 0.25) is 5.91 Å². The summed E-state index contributed by atoms with van der Waals surface area (Å²) < 4.78 is 2.64. The van der Waals surface area contributed by atoms with Gasteiger partial charge in [-0.25, -0.2) is 0 Å². The van der Waals surface area contributed by atoms with E-state index in [1.54, 1.807) is 48.0 Å². The van der Waals surface area contributed by atoms with Crippen molar-refractivity contribution in [2.75, 3.05) is 11.1 Å². The number of ketones is 1. The number of anilines is 1. The zero-order valence-electron chi connectivity index (χ0n) is 14.9. The van der Waals surface area contributed by atoms with Crippen LogP contribution in [0.4, 0.5) is 5.69 Å². The minimum atomic E-state index is -0.244. The lowest BCUT2D eigenvalue weighted by Gasteiger charge is -2.07. The van der Waals surface area contributed by atoms with Gasteiger partial charge in [0, 0.05) is 17.1 Å². The smallest absolute Gasteiger partial charge is 0.232 e. The van der Waals surface area contributed by atoms with Gasteiger partial charge < -0.3 is 9.88 Å². The fourth-order valence-electron chi connectivity index (χ4n) is 2.37. The molecule has 0 atom stereocenters. The molecule has 144 valence electrons. The molecule has 6 nitrogen and oxygen atoms in total. The summed E-state index contributed by atoms with van der Waals surface area (Å²) in [5, 5.41) is 11.9. The molecule has 1 amide bonds. The molecule has 1 N–H and O–H groups in total. The molecule has 0 fully saturated rings. The molecule has 0 unspecified atom stereocenters. The molecule has 1 aromatic heterocycles. The number of aromatic nitrogens is 3. The van der Waals surface area contributed by atoms with Crippen molar-refractivity contribution in [3.63, 3.8) is 0 Å². The molecule has 28 heavy (non-hydrogen) atoms. The van der Waals surface area contributed by atoms with Crippen LogP contribution in [0.2, 0.25) is 5.02 Å². The van der Waals surface area contributed by atoms with Crippen molar-refractivity contribution < 1.29 is 9.59 Å². The van der Waals surface area contributed by atoms with Gasteiger partial charge in [-0.15, -0.1) is 10.2 Å². The lowest BCUT2D eigenvalue weighted by molar-refractivity contribution is -0.115. The number of benzene rings is 2. The number of nitrogens with zero attached hydrogens (tertiary/aromatic N) is 3. The van der Waals surface area contributed by atoms with Crippen LogP contribution in [0.5, 0.6) is 0 Å². The largest absolute Gasteiger partial charge is 0.324 e. The molecule has 0 saturated heterocycles. The van der Waals surface area contributed by atoms with E-state index in [1.807, 2.05) is 12.1 Å². The number of Topliss-reactive ketones (excluding diaryl/α,β-unsaturated/α-hetero) is 1. The van der Waals surface area contributed by atoms with E-state index in [9.17, 15) is 9.59 Å². The van der Waals surface area contributed by atoms with Gasteiger partial charge in [-0.2, -0.15) is 0 Å². The molecule has 9 heteroatoms. The lowest BCUT2D eigenvalue weighted by atomic mass is 10.2. The molecule has 0 saturated carbocycles. The van der Waals surface area contributed by atoms with Gasteiger partial charge >= 0.3 is 0 Å². The maximum atomic E-state index is 12.3. The number of para-hydroxylation sites is 1. The Hall–Kier alpha value is -2.16. The summed E-state index contributed by atoms with van der Waals surface area (Å²) in [5.74, 6) is 0.493. The van der Waals surface area contributed by atoms with E-state index in [2.05, 4.69) is 31.4 Å². The van der Waals surface area contributed by atoms with E-state index in [0.717, 1.165) is 4.47 Å². The highest BCUT2D eigenvalue weighted by molar-refractivity contribution is 9.10. The molecule has 0 aliphatic rings. The fraction of sp³-hybridized carbons (Fsp3) is 0.158. The molecule has 3 aromatic rings. The molecule has 0 aliphatic heterocycles. The van der Waals surface area contributed by atoms with Crippen molar-refractivity contribution in [3.8, 4) is 0 Å². The molecule has 1 heterocycles. The van der Waals surface area contributed by atoms with Crippen LogP contribution in [-0.4, -0.2) is 32.2 Å². The number of nitrogens with one attached hydrogen (secondary N) is 1. The highest BCUT2D eigenvalue weighted by Gasteiger charge is 2.15. The summed E-state index contributed by atoms with van der Waals surface area (Å²) >= 11 is 10.7. The van der Waals surface area contributed by atoms with Crippen molar-refractivity contribution in [2.24, 2.45) is 7.05 Å². The summed E-state index contributed by atoms with van der Waals surface area (Å²) in [6, 6.07) is 14.2. The number of halogens is 2. The van der Waals surface area contributed by atoms with Crippen molar-refractivity contribution >= 4 is 56.7 Å². The molecule has 0 radical (unpaired) electrons. The van der Waals surface area contributed by atoms with Crippen molar-refractivity contribution in [1.82, 2.24) is 14.8 Å². The van der Waals surface area contributed by atoms with Crippen molar-refractivity contribution in [2.45, 2.75) is 11.6 Å². The summed E-state index contributed by atoms with van der Waals surface area (Å²) in [6.07, 6.45) is 0.0515. The number of carbonyl (C=O) groups excluding carboxylic acids is 2. The molecular weight excluding hydrogens is 464 g/mol. The fourth-order valence-corrected chi connectivity index (χ4v) is 3.65. The zero-order chi connectivity index (χ0) is 20.1. The number of amides is 1. The highest BCUT2D eigenvalue weighted by Crippen LogP contribution is 2.21. The predicted octanol–water partition coefficient (Wildman–Crippen LogP) is 4.39. The number of rotatable bonds is 7. The van der Waals surface area contributed by atoms with Crippen molar-refractivity contribution in [3.05, 3.63) is 69.4 Å². The second-order valence-electron chi connectivity index (χ2n) is 5.88. The van der Waals surface area contributed by atoms with E-state index < -0.39 is 0 Å². The van der Waals surface area contributed by atoms with Crippen LogP contribution in [0, 0.1) is 0 Å². The first-order valence-corrected chi connectivity index (χ1v) is 10.4. The Bertz CT molecular complexity index is 1010. The maximum Gasteiger partial charge on any atom is 0.232 e. The van der Waals surface area contributed by atoms with E-state index >= 15 is 0 Å². The topological polar surface area (TPSA) is 76.9 Å². The normalized spacial score (nSPS) is 10.7. The van der Waals surface area contributed by atoms with Gasteiger partial charge in [0.05, 0.1) is 22.9 Å². The summed E-state index contributed by atoms with van der Waals surface area (Å²) in [5.41, 5.74) is 1.18. The standard InChI is InChI=1S/C19H16BrClN4O2S/c1-25-17(10-18(27)22-15-5-3-2-4-14(15)21)23-24-19(25)28-11-16(26)12-6-8-13(20)9-7-12/h2-9H,10-11H2,1H3,(H,22,27). The third kappa shape index (κ3) is 5.21. The predicted molar refractivity (Wildman–Crippen MR) is 114 cm³/mol. The average molecular weight is 480 g/mol. The van der Waals surface area contributed by atoms with Gasteiger partial charge in [0.25, 0.3) is 0 Å². The Morgan fingerprint density at radius 1 is 1.14 bits per heavy atom. The molecule has 0 bridgehead atoms. The average Bonchev–Trinajstić information content (AvgIpc) is 3.02. The Morgan fingerprint density at radius 3 is 2.57 bits per heavy atom. The van der Waals surface area contributed by atoms with Gasteiger partial charge in [-0.1, -0.05) is 63.6 Å². The van der Waals surface area contributed by atoms with Crippen molar-refractivity contribution in [1.29, 1.82) is 0 Å². The van der Waals surface area contributed by atoms with Gasteiger partial charge in [-0.3, -0.25) is 9.59 Å². The van der Waals surface area contributed by atoms with Crippen LogP contribution >= 0.6 is 39.3 Å². The quantitative estimate of drug-likeness (QED) is 0.402. The first kappa shape index (κ1) is 20.6. The van der Waals surface area contributed by atoms with Crippen LogP contribution < -0.4 is 5.32 Å². The second-order valence-corrected chi connectivity index (χ2v) is 8.15. The third-order valence-electron chi connectivity index (χ3n) is 3.89. The first-order chi connectivity index (χ1) is 13.4. The number of hydrogen-bond acceptors (Lipinski definition) is 5. The van der Waals surface area contributed by atoms with Gasteiger partial charge in [-0.05, 0) is 24.3 Å². The van der Waals surface area contributed by atoms with Crippen LogP contribution in [0.15, 0.2) is 58.2 Å². The van der Waals surface area contributed by atoms with Crippen LogP contribution in [0.25, 0.3) is 0 Å². The Labute approximate surface area is 179 Å². The summed E-state index contributed by atoms with van der Waals surface area (Å²) in [7, 11) is 1.77. The monoisotopic (exact) mass is 478 g/mol. The lowest BCUT2D eigenvalue weighted by Crippen LogP contribution is -2.17. The Balaban J connectivity index is 1.59. The van der Waals surface area contributed by atoms with E-state index in [1.165, 1.54) is 11.8 Å². The van der Waals surface area contributed by atoms with E-state index in [4.69, 9.17) is 11.6 Å². The maximum absolute atomic E-state index is 12.3. The minimum absolute atomic E-state index is 0.00138.